The maximum Gasteiger partial charge on any atom is 0.416 e. The van der Waals surface area contributed by atoms with Gasteiger partial charge >= 0.3 is 6.18 Å². The summed E-state index contributed by atoms with van der Waals surface area (Å²) in [6.45, 7) is 0. The Morgan fingerprint density at radius 3 is 2.33 bits per heavy atom. The summed E-state index contributed by atoms with van der Waals surface area (Å²) in [5.74, 6) is 0. The highest BCUT2D eigenvalue weighted by molar-refractivity contribution is 5.36. The van der Waals surface area contributed by atoms with E-state index in [1.54, 1.807) is 30.3 Å². The SMILES string of the molecule is NC(c1ccccc1)c1cnccc1C(F)(F)F. The van der Waals surface area contributed by atoms with Gasteiger partial charge in [-0.2, -0.15) is 13.2 Å². The van der Waals surface area contributed by atoms with Gasteiger partial charge in [0.2, 0.25) is 0 Å². The standard InChI is InChI=1S/C13H11F3N2/c14-13(15,16)11-6-7-18-8-10(11)12(17)9-4-2-1-3-5-9/h1-8,12H,17H2. The van der Waals surface area contributed by atoms with Crippen molar-refractivity contribution in [2.45, 2.75) is 12.2 Å². The lowest BCUT2D eigenvalue weighted by Gasteiger charge is -2.17. The number of hydrogen-bond acceptors (Lipinski definition) is 2. The van der Waals surface area contributed by atoms with Crippen LogP contribution in [0.25, 0.3) is 0 Å². The number of rotatable bonds is 2. The number of nitrogens with two attached hydrogens (primary N) is 1. The van der Waals surface area contributed by atoms with Crippen molar-refractivity contribution < 1.29 is 13.2 Å². The van der Waals surface area contributed by atoms with Gasteiger partial charge in [-0.15, -0.1) is 0 Å². The van der Waals surface area contributed by atoms with Crippen molar-refractivity contribution in [1.29, 1.82) is 0 Å². The highest BCUT2D eigenvalue weighted by Gasteiger charge is 2.34. The number of nitrogens with zero attached hydrogens (tertiary/aromatic N) is 1. The van der Waals surface area contributed by atoms with Crippen molar-refractivity contribution >= 4 is 0 Å². The van der Waals surface area contributed by atoms with Gasteiger partial charge in [-0.3, -0.25) is 4.98 Å². The van der Waals surface area contributed by atoms with Crippen molar-refractivity contribution in [1.82, 2.24) is 4.98 Å². The number of pyridine rings is 1. The molecule has 5 heteroatoms. The van der Waals surface area contributed by atoms with Crippen molar-refractivity contribution in [3.05, 3.63) is 65.5 Å². The maximum atomic E-state index is 12.8. The summed E-state index contributed by atoms with van der Waals surface area (Å²) in [6, 6.07) is 8.74. The molecule has 1 unspecified atom stereocenters. The largest absolute Gasteiger partial charge is 0.416 e. The first-order chi connectivity index (χ1) is 8.50. The quantitative estimate of drug-likeness (QED) is 0.891. The van der Waals surface area contributed by atoms with E-state index in [1.807, 2.05) is 0 Å². The molecule has 0 fully saturated rings. The third kappa shape index (κ3) is 2.51. The predicted octanol–water partition coefficient (Wildman–Crippen LogP) is 3.15. The lowest BCUT2D eigenvalue weighted by molar-refractivity contribution is -0.138. The number of halogens is 3. The normalized spacial score (nSPS) is 13.3. The molecule has 2 rings (SSSR count). The van der Waals surface area contributed by atoms with Crippen LogP contribution >= 0.6 is 0 Å². The first-order valence-electron chi connectivity index (χ1n) is 5.32. The molecule has 1 atom stereocenters. The molecule has 0 aliphatic rings. The highest BCUT2D eigenvalue weighted by Crippen LogP contribution is 2.34. The Kier molecular flexibility index (Phi) is 3.34. The van der Waals surface area contributed by atoms with E-state index >= 15 is 0 Å². The maximum absolute atomic E-state index is 12.8. The van der Waals surface area contributed by atoms with Crippen molar-refractivity contribution in [3.8, 4) is 0 Å². The van der Waals surface area contributed by atoms with E-state index < -0.39 is 17.8 Å². The molecule has 94 valence electrons. The molecule has 2 aromatic rings. The Morgan fingerprint density at radius 2 is 1.72 bits per heavy atom. The highest BCUT2D eigenvalue weighted by atomic mass is 19.4. The zero-order chi connectivity index (χ0) is 13.2. The average molecular weight is 252 g/mol. The minimum Gasteiger partial charge on any atom is -0.320 e. The summed E-state index contributed by atoms with van der Waals surface area (Å²) in [5, 5.41) is 0. The first-order valence-corrected chi connectivity index (χ1v) is 5.32. The number of benzene rings is 1. The molecule has 0 amide bonds. The Morgan fingerprint density at radius 1 is 1.06 bits per heavy atom. The van der Waals surface area contributed by atoms with Crippen LogP contribution in [-0.2, 0) is 6.18 Å². The third-order valence-corrected chi connectivity index (χ3v) is 2.65. The minimum absolute atomic E-state index is 0.0174. The minimum atomic E-state index is -4.43. The third-order valence-electron chi connectivity index (χ3n) is 2.65. The molecule has 0 saturated carbocycles. The van der Waals surface area contributed by atoms with Crippen LogP contribution in [0.5, 0.6) is 0 Å². The molecular formula is C13H11F3N2. The molecule has 0 spiro atoms. The lowest BCUT2D eigenvalue weighted by Crippen LogP contribution is -2.18. The van der Waals surface area contributed by atoms with Crippen molar-refractivity contribution in [2.75, 3.05) is 0 Å². The van der Waals surface area contributed by atoms with E-state index in [-0.39, 0.29) is 5.56 Å². The molecule has 1 heterocycles. The van der Waals surface area contributed by atoms with E-state index in [0.29, 0.717) is 5.56 Å². The molecule has 2 N–H and O–H groups in total. The summed E-state index contributed by atoms with van der Waals surface area (Å²) in [6.07, 6.45) is -2.14. The summed E-state index contributed by atoms with van der Waals surface area (Å²) < 4.78 is 38.5. The molecule has 0 aliphatic carbocycles. The van der Waals surface area contributed by atoms with Gasteiger partial charge in [0, 0.05) is 18.0 Å². The Hall–Kier alpha value is -1.88. The van der Waals surface area contributed by atoms with Gasteiger partial charge in [0.15, 0.2) is 0 Å². The molecule has 0 saturated heterocycles. The summed E-state index contributed by atoms with van der Waals surface area (Å²) in [5.41, 5.74) is 5.74. The molecule has 0 radical (unpaired) electrons. The van der Waals surface area contributed by atoms with Gasteiger partial charge in [0.1, 0.15) is 0 Å². The van der Waals surface area contributed by atoms with E-state index in [0.717, 1.165) is 12.3 Å². The fourth-order valence-electron chi connectivity index (χ4n) is 1.75. The van der Waals surface area contributed by atoms with Crippen LogP contribution in [-0.4, -0.2) is 4.98 Å². The number of hydrogen-bond donors (Lipinski definition) is 1. The van der Waals surface area contributed by atoms with Gasteiger partial charge in [0.05, 0.1) is 11.6 Å². The van der Waals surface area contributed by atoms with Crippen LogP contribution in [0.2, 0.25) is 0 Å². The van der Waals surface area contributed by atoms with Crippen molar-refractivity contribution in [3.63, 3.8) is 0 Å². The molecular weight excluding hydrogens is 241 g/mol. The summed E-state index contributed by atoms with van der Waals surface area (Å²) in [4.78, 5) is 3.73. The molecule has 2 nitrogen and oxygen atoms in total. The topological polar surface area (TPSA) is 38.9 Å². The van der Waals surface area contributed by atoms with Gasteiger partial charge in [0.25, 0.3) is 0 Å². The number of aromatic nitrogens is 1. The van der Waals surface area contributed by atoms with E-state index in [9.17, 15) is 13.2 Å². The summed E-state index contributed by atoms with van der Waals surface area (Å²) >= 11 is 0. The van der Waals surface area contributed by atoms with E-state index in [4.69, 9.17) is 5.73 Å². The van der Waals surface area contributed by atoms with E-state index in [1.165, 1.54) is 6.20 Å². The van der Waals surface area contributed by atoms with Gasteiger partial charge in [-0.1, -0.05) is 30.3 Å². The Balaban J connectivity index is 2.46. The average Bonchev–Trinajstić information content (AvgIpc) is 2.38. The van der Waals surface area contributed by atoms with Crippen LogP contribution in [0.3, 0.4) is 0 Å². The van der Waals surface area contributed by atoms with Crippen molar-refractivity contribution in [2.24, 2.45) is 5.73 Å². The molecule has 0 aliphatic heterocycles. The van der Waals surface area contributed by atoms with Gasteiger partial charge in [-0.25, -0.2) is 0 Å². The number of alkyl halides is 3. The summed E-state index contributed by atoms with van der Waals surface area (Å²) in [7, 11) is 0. The molecule has 18 heavy (non-hydrogen) atoms. The zero-order valence-electron chi connectivity index (χ0n) is 9.35. The van der Waals surface area contributed by atoms with Gasteiger partial charge in [-0.05, 0) is 11.6 Å². The Labute approximate surface area is 102 Å². The van der Waals surface area contributed by atoms with E-state index in [2.05, 4.69) is 4.98 Å². The van der Waals surface area contributed by atoms with Crippen LogP contribution < -0.4 is 5.73 Å². The molecule has 1 aromatic carbocycles. The first kappa shape index (κ1) is 12.6. The lowest BCUT2D eigenvalue weighted by atomic mass is 9.97. The fourth-order valence-corrected chi connectivity index (χ4v) is 1.75. The predicted molar refractivity (Wildman–Crippen MR) is 61.7 cm³/mol. The van der Waals surface area contributed by atoms with Crippen LogP contribution in [0, 0.1) is 0 Å². The van der Waals surface area contributed by atoms with Gasteiger partial charge < -0.3 is 5.73 Å². The second-order valence-corrected chi connectivity index (χ2v) is 3.85. The second kappa shape index (κ2) is 4.78. The second-order valence-electron chi connectivity index (χ2n) is 3.85. The zero-order valence-corrected chi connectivity index (χ0v) is 9.35. The van der Waals surface area contributed by atoms with Crippen LogP contribution in [0.4, 0.5) is 13.2 Å². The van der Waals surface area contributed by atoms with Crippen LogP contribution in [0.15, 0.2) is 48.8 Å². The smallest absolute Gasteiger partial charge is 0.320 e. The molecule has 0 bridgehead atoms. The fraction of sp³-hybridized carbons (Fsp3) is 0.154. The monoisotopic (exact) mass is 252 g/mol. The van der Waals surface area contributed by atoms with Crippen LogP contribution in [0.1, 0.15) is 22.7 Å². The molecule has 1 aromatic heterocycles. The Bertz CT molecular complexity index is 523.